The third kappa shape index (κ3) is 2.53. The minimum atomic E-state index is -0.880. The van der Waals surface area contributed by atoms with Gasteiger partial charge in [0, 0.05) is 25.2 Å². The number of carboxylic acid groups (broad SMARTS) is 1. The van der Waals surface area contributed by atoms with E-state index in [1.807, 2.05) is 0 Å². The molecule has 1 saturated heterocycles. The van der Waals surface area contributed by atoms with Crippen LogP contribution >= 0.6 is 23.2 Å². The second kappa shape index (κ2) is 5.10. The number of nitro groups is 1. The Kier molecular flexibility index (Phi) is 3.80. The molecule has 1 unspecified atom stereocenters. The van der Waals surface area contributed by atoms with Gasteiger partial charge in [-0.15, -0.1) is 0 Å². The van der Waals surface area contributed by atoms with Crippen molar-refractivity contribution in [3.63, 3.8) is 0 Å². The van der Waals surface area contributed by atoms with E-state index in [4.69, 9.17) is 23.2 Å². The number of non-ortho nitro benzene ring substituents is 1. The normalized spacial score (nSPS) is 22.1. The quantitative estimate of drug-likeness (QED) is 0.683. The van der Waals surface area contributed by atoms with Crippen LogP contribution in [0.25, 0.3) is 0 Å². The van der Waals surface area contributed by atoms with Crippen LogP contribution in [0.2, 0.25) is 10.0 Å². The van der Waals surface area contributed by atoms with Crippen LogP contribution in [0.1, 0.15) is 13.3 Å². The van der Waals surface area contributed by atoms with Crippen molar-refractivity contribution in [2.75, 3.05) is 18.0 Å². The minimum Gasteiger partial charge on any atom is -0.481 e. The van der Waals surface area contributed by atoms with Gasteiger partial charge in [-0.05, 0) is 13.3 Å². The summed E-state index contributed by atoms with van der Waals surface area (Å²) >= 11 is 12.1. The van der Waals surface area contributed by atoms with E-state index in [1.165, 1.54) is 12.1 Å². The number of hydrogen-bond donors (Lipinski definition) is 1. The molecule has 2 rings (SSSR count). The molecule has 0 spiro atoms. The summed E-state index contributed by atoms with van der Waals surface area (Å²) in [7, 11) is 0. The minimum absolute atomic E-state index is 0.152. The fourth-order valence-electron chi connectivity index (χ4n) is 2.29. The molecule has 1 aliphatic heterocycles. The highest BCUT2D eigenvalue weighted by Gasteiger charge is 2.41. The number of nitro benzene ring substituents is 1. The summed E-state index contributed by atoms with van der Waals surface area (Å²) < 4.78 is 0. The number of carbonyl (C=O) groups is 1. The largest absolute Gasteiger partial charge is 0.481 e. The fraction of sp³-hybridized carbons (Fsp3) is 0.417. The second-order valence-electron chi connectivity index (χ2n) is 5.05. The summed E-state index contributed by atoms with van der Waals surface area (Å²) in [5.41, 5.74) is -0.609. The van der Waals surface area contributed by atoms with E-state index in [9.17, 15) is 20.0 Å². The van der Waals surface area contributed by atoms with Crippen LogP contribution in [0.4, 0.5) is 11.4 Å². The number of benzene rings is 1. The Morgan fingerprint density at radius 2 is 2.00 bits per heavy atom. The van der Waals surface area contributed by atoms with Crippen molar-refractivity contribution in [1.29, 1.82) is 0 Å². The van der Waals surface area contributed by atoms with Crippen LogP contribution in [0.5, 0.6) is 0 Å². The third-order valence-corrected chi connectivity index (χ3v) is 4.09. The lowest BCUT2D eigenvalue weighted by atomic mass is 9.90. The molecule has 1 aromatic rings. The molecule has 0 saturated carbocycles. The zero-order valence-corrected chi connectivity index (χ0v) is 12.1. The van der Waals surface area contributed by atoms with Gasteiger partial charge < -0.3 is 10.0 Å². The molecule has 1 N–H and O–H groups in total. The maximum atomic E-state index is 11.2. The lowest BCUT2D eigenvalue weighted by Gasteiger charge is -2.23. The smallest absolute Gasteiger partial charge is 0.311 e. The lowest BCUT2D eigenvalue weighted by molar-refractivity contribution is -0.384. The van der Waals surface area contributed by atoms with Gasteiger partial charge in [0.25, 0.3) is 5.69 Å². The zero-order chi connectivity index (χ0) is 15.1. The standard InChI is InChI=1S/C12H12Cl2N2O4/c1-12(11(17)18)2-3-15(6-12)10-8(13)4-7(16(19)20)5-9(10)14/h4-5H,2-3,6H2,1H3,(H,17,18). The number of anilines is 1. The Balaban J connectivity index is 2.36. The molecule has 1 heterocycles. The van der Waals surface area contributed by atoms with Gasteiger partial charge in [-0.2, -0.15) is 0 Å². The Bertz CT molecular complexity index is 570. The molecule has 0 aromatic heterocycles. The van der Waals surface area contributed by atoms with Crippen molar-refractivity contribution in [1.82, 2.24) is 0 Å². The van der Waals surface area contributed by atoms with Crippen LogP contribution in [0, 0.1) is 15.5 Å². The number of aliphatic carboxylic acids is 1. The number of rotatable bonds is 3. The lowest BCUT2D eigenvalue weighted by Crippen LogP contribution is -2.31. The summed E-state index contributed by atoms with van der Waals surface area (Å²) in [6, 6.07) is 2.44. The van der Waals surface area contributed by atoms with E-state index in [0.29, 0.717) is 18.7 Å². The average Bonchev–Trinajstić information content (AvgIpc) is 2.72. The monoisotopic (exact) mass is 318 g/mol. The zero-order valence-electron chi connectivity index (χ0n) is 10.6. The van der Waals surface area contributed by atoms with Crippen LogP contribution in [0.15, 0.2) is 12.1 Å². The topological polar surface area (TPSA) is 83.7 Å². The van der Waals surface area contributed by atoms with Crippen molar-refractivity contribution < 1.29 is 14.8 Å². The van der Waals surface area contributed by atoms with Gasteiger partial charge in [0.2, 0.25) is 0 Å². The van der Waals surface area contributed by atoms with Crippen molar-refractivity contribution in [2.45, 2.75) is 13.3 Å². The predicted octanol–water partition coefficient (Wildman–Crippen LogP) is 3.20. The second-order valence-corrected chi connectivity index (χ2v) is 5.87. The average molecular weight is 319 g/mol. The molecule has 20 heavy (non-hydrogen) atoms. The fourth-order valence-corrected chi connectivity index (χ4v) is 3.00. The van der Waals surface area contributed by atoms with Gasteiger partial charge in [-0.25, -0.2) is 0 Å². The molecular weight excluding hydrogens is 307 g/mol. The SMILES string of the molecule is CC1(C(=O)O)CCN(c2c(Cl)cc([N+](=O)[O-])cc2Cl)C1. The van der Waals surface area contributed by atoms with Gasteiger partial charge in [0.05, 0.1) is 26.1 Å². The summed E-state index contributed by atoms with van der Waals surface area (Å²) in [6.07, 6.45) is 0.464. The number of hydrogen-bond acceptors (Lipinski definition) is 4. The maximum absolute atomic E-state index is 11.2. The number of nitrogens with zero attached hydrogens (tertiary/aromatic N) is 2. The number of carboxylic acids is 1. The van der Waals surface area contributed by atoms with E-state index in [2.05, 4.69) is 0 Å². The Hall–Kier alpha value is -1.53. The molecule has 0 radical (unpaired) electrons. The van der Waals surface area contributed by atoms with Gasteiger partial charge in [-0.1, -0.05) is 23.2 Å². The van der Waals surface area contributed by atoms with Crippen molar-refractivity contribution in [2.24, 2.45) is 5.41 Å². The third-order valence-electron chi connectivity index (χ3n) is 3.52. The first-order valence-electron chi connectivity index (χ1n) is 5.86. The highest BCUT2D eigenvalue weighted by molar-refractivity contribution is 6.39. The Morgan fingerprint density at radius 3 is 2.40 bits per heavy atom. The summed E-state index contributed by atoms with van der Waals surface area (Å²) in [6.45, 7) is 2.40. The van der Waals surface area contributed by atoms with E-state index in [0.717, 1.165) is 0 Å². The molecule has 0 aliphatic carbocycles. The van der Waals surface area contributed by atoms with E-state index < -0.39 is 16.3 Å². The van der Waals surface area contributed by atoms with Gasteiger partial charge >= 0.3 is 5.97 Å². The first kappa shape index (κ1) is 14.9. The van der Waals surface area contributed by atoms with Crippen molar-refractivity contribution >= 4 is 40.5 Å². The van der Waals surface area contributed by atoms with Gasteiger partial charge in [0.15, 0.2) is 0 Å². The van der Waals surface area contributed by atoms with E-state index >= 15 is 0 Å². The van der Waals surface area contributed by atoms with Gasteiger partial charge in [0.1, 0.15) is 0 Å². The van der Waals surface area contributed by atoms with Crippen LogP contribution in [0.3, 0.4) is 0 Å². The Morgan fingerprint density at radius 1 is 1.45 bits per heavy atom. The molecule has 1 aromatic carbocycles. The molecule has 0 bridgehead atoms. The molecule has 1 aliphatic rings. The van der Waals surface area contributed by atoms with Crippen molar-refractivity contribution in [3.8, 4) is 0 Å². The molecule has 108 valence electrons. The van der Waals surface area contributed by atoms with Crippen LogP contribution in [-0.2, 0) is 4.79 Å². The first-order valence-corrected chi connectivity index (χ1v) is 6.62. The molecule has 8 heteroatoms. The molecule has 0 amide bonds. The number of halogens is 2. The highest BCUT2D eigenvalue weighted by Crippen LogP contribution is 2.42. The predicted molar refractivity (Wildman–Crippen MR) is 75.7 cm³/mol. The molecule has 1 fully saturated rings. The van der Waals surface area contributed by atoms with E-state index in [-0.39, 0.29) is 22.3 Å². The highest BCUT2D eigenvalue weighted by atomic mass is 35.5. The van der Waals surface area contributed by atoms with Gasteiger partial charge in [-0.3, -0.25) is 14.9 Å². The van der Waals surface area contributed by atoms with Crippen LogP contribution in [-0.4, -0.2) is 29.1 Å². The summed E-state index contributed by atoms with van der Waals surface area (Å²) in [5.74, 6) is -0.880. The van der Waals surface area contributed by atoms with Crippen molar-refractivity contribution in [3.05, 3.63) is 32.3 Å². The Labute approximate surface area is 125 Å². The summed E-state index contributed by atoms with van der Waals surface area (Å²) in [5, 5.41) is 20.2. The van der Waals surface area contributed by atoms with Crippen LogP contribution < -0.4 is 4.90 Å². The summed E-state index contributed by atoms with van der Waals surface area (Å²) in [4.78, 5) is 23.1. The molecule has 6 nitrogen and oxygen atoms in total. The maximum Gasteiger partial charge on any atom is 0.311 e. The first-order chi connectivity index (χ1) is 9.24. The molecule has 1 atom stereocenters. The molecular formula is C12H12Cl2N2O4. The van der Waals surface area contributed by atoms with E-state index in [1.54, 1.807) is 11.8 Å².